The van der Waals surface area contributed by atoms with Gasteiger partial charge in [-0.2, -0.15) is 14.0 Å². The Kier molecular flexibility index (Phi) is 3.75. The minimum absolute atomic E-state index is 0.412. The topological polar surface area (TPSA) is 87.4 Å². The third-order valence-corrected chi connectivity index (χ3v) is 3.03. The molecule has 0 saturated heterocycles. The van der Waals surface area contributed by atoms with Crippen LogP contribution in [0.3, 0.4) is 0 Å². The zero-order chi connectivity index (χ0) is 13.2. The second-order valence-corrected chi connectivity index (χ2v) is 5.25. The fraction of sp³-hybridized carbons (Fsp3) is 0.125. The molecule has 1 rings (SSSR count). The van der Waals surface area contributed by atoms with Crippen LogP contribution >= 0.6 is 10.7 Å². The standard InChI is InChI=1S/C8H4ClF2NO4S/c9-17(14,15)5-2-1-4(3-12)6(13)7(5)16-8(10)11/h1-2,8,13H. The number of ether oxygens (including phenoxy) is 1. The van der Waals surface area contributed by atoms with Gasteiger partial charge in [0.1, 0.15) is 11.0 Å². The maximum absolute atomic E-state index is 12.1. The predicted octanol–water partition coefficient (Wildman–Crippen LogP) is 1.79. The van der Waals surface area contributed by atoms with Crippen LogP contribution in [0, 0.1) is 11.3 Å². The first-order chi connectivity index (χ1) is 7.77. The van der Waals surface area contributed by atoms with Crippen LogP contribution in [0.1, 0.15) is 5.56 Å². The molecule has 92 valence electrons. The molecule has 0 spiro atoms. The van der Waals surface area contributed by atoms with E-state index in [1.54, 1.807) is 0 Å². The van der Waals surface area contributed by atoms with E-state index >= 15 is 0 Å². The highest BCUT2D eigenvalue weighted by atomic mass is 35.7. The van der Waals surface area contributed by atoms with E-state index < -0.39 is 37.6 Å². The smallest absolute Gasteiger partial charge is 0.387 e. The first-order valence-electron chi connectivity index (χ1n) is 3.93. The van der Waals surface area contributed by atoms with Gasteiger partial charge in [-0.15, -0.1) is 0 Å². The molecule has 0 fully saturated rings. The zero-order valence-corrected chi connectivity index (χ0v) is 9.47. The molecule has 0 radical (unpaired) electrons. The monoisotopic (exact) mass is 283 g/mol. The summed E-state index contributed by atoms with van der Waals surface area (Å²) in [7, 11) is 0.586. The number of nitriles is 1. The van der Waals surface area contributed by atoms with Gasteiger partial charge < -0.3 is 9.84 Å². The predicted molar refractivity (Wildman–Crippen MR) is 52.5 cm³/mol. The van der Waals surface area contributed by atoms with Crippen molar-refractivity contribution in [3.63, 3.8) is 0 Å². The Morgan fingerprint density at radius 3 is 2.47 bits per heavy atom. The Bertz CT molecular complexity index is 582. The third-order valence-electron chi connectivity index (χ3n) is 1.69. The van der Waals surface area contributed by atoms with Gasteiger partial charge in [-0.1, -0.05) is 0 Å². The molecule has 0 saturated carbocycles. The highest BCUT2D eigenvalue weighted by Crippen LogP contribution is 2.38. The molecule has 1 aromatic carbocycles. The number of hydrogen-bond donors (Lipinski definition) is 1. The van der Waals surface area contributed by atoms with Crippen molar-refractivity contribution >= 4 is 19.7 Å². The van der Waals surface area contributed by atoms with Crippen LogP contribution in [-0.4, -0.2) is 20.1 Å². The van der Waals surface area contributed by atoms with Gasteiger partial charge in [0.15, 0.2) is 11.5 Å². The molecule has 5 nitrogen and oxygen atoms in total. The number of phenols is 1. The average Bonchev–Trinajstić information content (AvgIpc) is 2.18. The lowest BCUT2D eigenvalue weighted by atomic mass is 10.2. The van der Waals surface area contributed by atoms with E-state index in [9.17, 15) is 22.3 Å². The molecular weight excluding hydrogens is 280 g/mol. The molecule has 0 heterocycles. The Morgan fingerprint density at radius 2 is 2.06 bits per heavy atom. The Labute approximate surface area is 99.2 Å². The van der Waals surface area contributed by atoms with Gasteiger partial charge in [0.05, 0.1) is 5.56 Å². The van der Waals surface area contributed by atoms with E-state index in [4.69, 9.17) is 15.9 Å². The van der Waals surface area contributed by atoms with E-state index in [1.807, 2.05) is 0 Å². The lowest BCUT2D eigenvalue weighted by Gasteiger charge is -2.10. The van der Waals surface area contributed by atoms with Gasteiger partial charge in [-0.25, -0.2) is 8.42 Å². The van der Waals surface area contributed by atoms with Gasteiger partial charge in [0.25, 0.3) is 9.05 Å². The number of nitrogens with zero attached hydrogens (tertiary/aromatic N) is 1. The minimum Gasteiger partial charge on any atom is -0.503 e. The normalized spacial score (nSPS) is 11.2. The summed E-state index contributed by atoms with van der Waals surface area (Å²) in [6.07, 6.45) is 0. The maximum atomic E-state index is 12.1. The summed E-state index contributed by atoms with van der Waals surface area (Å²) in [5.74, 6) is -2.05. The first kappa shape index (κ1) is 13.5. The zero-order valence-electron chi connectivity index (χ0n) is 7.89. The lowest BCUT2D eigenvalue weighted by Crippen LogP contribution is -2.06. The summed E-state index contributed by atoms with van der Waals surface area (Å²) in [6, 6.07) is 3.18. The number of benzene rings is 1. The molecule has 0 bridgehead atoms. The van der Waals surface area contributed by atoms with Crippen molar-refractivity contribution in [2.24, 2.45) is 0 Å². The van der Waals surface area contributed by atoms with Crippen LogP contribution in [0.5, 0.6) is 11.5 Å². The Hall–Kier alpha value is -1.59. The summed E-state index contributed by atoms with van der Waals surface area (Å²) in [5, 5.41) is 17.9. The highest BCUT2D eigenvalue weighted by Gasteiger charge is 2.24. The van der Waals surface area contributed by atoms with Crippen molar-refractivity contribution in [3.05, 3.63) is 17.7 Å². The summed E-state index contributed by atoms with van der Waals surface area (Å²) in [4.78, 5) is -0.837. The Balaban J connectivity index is 3.54. The van der Waals surface area contributed by atoms with Gasteiger partial charge in [0.2, 0.25) is 0 Å². The maximum Gasteiger partial charge on any atom is 0.387 e. The molecule has 0 atom stereocenters. The third kappa shape index (κ3) is 2.95. The van der Waals surface area contributed by atoms with Crippen molar-refractivity contribution in [1.29, 1.82) is 5.26 Å². The largest absolute Gasteiger partial charge is 0.503 e. The second-order valence-electron chi connectivity index (χ2n) is 2.72. The fourth-order valence-electron chi connectivity index (χ4n) is 1.04. The molecular formula is C8H4ClF2NO4S. The summed E-state index contributed by atoms with van der Waals surface area (Å²) in [5.41, 5.74) is -0.412. The van der Waals surface area contributed by atoms with E-state index in [2.05, 4.69) is 4.74 Å². The van der Waals surface area contributed by atoms with Crippen LogP contribution in [0.4, 0.5) is 8.78 Å². The number of aromatic hydroxyl groups is 1. The number of halogens is 3. The highest BCUT2D eigenvalue weighted by molar-refractivity contribution is 8.13. The molecule has 17 heavy (non-hydrogen) atoms. The number of phenolic OH excluding ortho intramolecular Hbond substituents is 1. The average molecular weight is 284 g/mol. The van der Waals surface area contributed by atoms with E-state index in [1.165, 1.54) is 6.07 Å². The molecule has 9 heteroatoms. The van der Waals surface area contributed by atoms with Crippen molar-refractivity contribution in [3.8, 4) is 17.6 Å². The number of rotatable bonds is 3. The van der Waals surface area contributed by atoms with Gasteiger partial charge in [-0.3, -0.25) is 0 Å². The van der Waals surface area contributed by atoms with Crippen LogP contribution in [0.15, 0.2) is 17.0 Å². The molecule has 0 amide bonds. The Morgan fingerprint density at radius 1 is 1.47 bits per heavy atom. The number of alkyl halides is 2. The van der Waals surface area contributed by atoms with Crippen molar-refractivity contribution in [2.45, 2.75) is 11.5 Å². The number of hydrogen-bond acceptors (Lipinski definition) is 5. The van der Waals surface area contributed by atoms with Crippen LogP contribution in [-0.2, 0) is 9.05 Å². The van der Waals surface area contributed by atoms with E-state index in [0.717, 1.165) is 12.1 Å². The van der Waals surface area contributed by atoms with E-state index in [0.29, 0.717) is 0 Å². The first-order valence-corrected chi connectivity index (χ1v) is 6.24. The summed E-state index contributed by atoms with van der Waals surface area (Å²) in [6.45, 7) is -3.37. The summed E-state index contributed by atoms with van der Waals surface area (Å²) >= 11 is 0. The quantitative estimate of drug-likeness (QED) is 0.855. The van der Waals surface area contributed by atoms with Crippen LogP contribution in [0.25, 0.3) is 0 Å². The molecule has 0 aliphatic rings. The fourth-order valence-corrected chi connectivity index (χ4v) is 2.00. The van der Waals surface area contributed by atoms with Gasteiger partial charge in [0, 0.05) is 10.7 Å². The molecule has 0 unspecified atom stereocenters. The molecule has 0 aliphatic carbocycles. The molecule has 0 aliphatic heterocycles. The SMILES string of the molecule is N#Cc1ccc(S(=O)(=O)Cl)c(OC(F)F)c1O. The van der Waals surface area contributed by atoms with Crippen LogP contribution in [0.2, 0.25) is 0 Å². The van der Waals surface area contributed by atoms with Crippen molar-refractivity contribution in [1.82, 2.24) is 0 Å². The second kappa shape index (κ2) is 4.73. The van der Waals surface area contributed by atoms with E-state index in [-0.39, 0.29) is 0 Å². The van der Waals surface area contributed by atoms with Crippen LogP contribution < -0.4 is 4.74 Å². The lowest BCUT2D eigenvalue weighted by molar-refractivity contribution is -0.0532. The minimum atomic E-state index is -4.38. The van der Waals surface area contributed by atoms with Crippen molar-refractivity contribution in [2.75, 3.05) is 0 Å². The van der Waals surface area contributed by atoms with Gasteiger partial charge >= 0.3 is 6.61 Å². The van der Waals surface area contributed by atoms with Gasteiger partial charge in [-0.05, 0) is 12.1 Å². The molecule has 0 aromatic heterocycles. The molecule has 1 aromatic rings. The van der Waals surface area contributed by atoms with Crippen molar-refractivity contribution < 1.29 is 27.0 Å². The molecule has 1 N–H and O–H groups in total. The summed E-state index contributed by atoms with van der Waals surface area (Å²) < 4.78 is 50.0.